The van der Waals surface area contributed by atoms with Crippen molar-refractivity contribution in [2.75, 3.05) is 26.2 Å². The third-order valence-corrected chi connectivity index (χ3v) is 9.84. The Morgan fingerprint density at radius 1 is 1.31 bits per heavy atom. The number of thiophene rings is 1. The fourth-order valence-corrected chi connectivity index (χ4v) is 7.63. The van der Waals surface area contributed by atoms with E-state index in [4.69, 9.17) is 0 Å². The van der Waals surface area contributed by atoms with Crippen molar-refractivity contribution in [3.05, 3.63) is 29.7 Å². The van der Waals surface area contributed by atoms with Crippen LogP contribution in [-0.4, -0.2) is 64.6 Å². The number of aromatic nitrogens is 3. The standard InChI is InChI=1S/C20H31N5O2S2/c1-4-9-24-15-21-22-19(24)17-13-25(29(26,27)18-6-5-12-28-18)14-20(17)7-10-23(11-8-20)16(2)3/h5-6,12,15-17H,4,7-11,13-14H2,1-3H3. The minimum absolute atomic E-state index is 0.0752. The van der Waals surface area contributed by atoms with Crippen LogP contribution in [0.3, 0.4) is 0 Å². The predicted molar refractivity (Wildman–Crippen MR) is 115 cm³/mol. The molecular formula is C20H31N5O2S2. The highest BCUT2D eigenvalue weighted by Crippen LogP contribution is 2.51. The number of nitrogens with zero attached hydrogens (tertiary/aromatic N) is 5. The highest BCUT2D eigenvalue weighted by Gasteiger charge is 2.53. The summed E-state index contributed by atoms with van der Waals surface area (Å²) in [5.74, 6) is 1.04. The van der Waals surface area contributed by atoms with E-state index in [1.54, 1.807) is 22.8 Å². The lowest BCUT2D eigenvalue weighted by Gasteiger charge is -2.43. The summed E-state index contributed by atoms with van der Waals surface area (Å²) in [6, 6.07) is 4.03. The van der Waals surface area contributed by atoms with Crippen LogP contribution in [0.4, 0.5) is 0 Å². The Morgan fingerprint density at radius 3 is 2.69 bits per heavy atom. The largest absolute Gasteiger partial charge is 0.317 e. The molecule has 0 aliphatic carbocycles. The molecule has 0 aromatic carbocycles. The first-order valence-corrected chi connectivity index (χ1v) is 12.8. The zero-order valence-electron chi connectivity index (χ0n) is 17.5. The van der Waals surface area contributed by atoms with Crippen molar-refractivity contribution in [3.63, 3.8) is 0 Å². The molecule has 2 aliphatic rings. The molecule has 2 aromatic rings. The molecule has 9 heteroatoms. The molecule has 29 heavy (non-hydrogen) atoms. The molecule has 2 aromatic heterocycles. The van der Waals surface area contributed by atoms with Crippen LogP contribution < -0.4 is 0 Å². The minimum atomic E-state index is -3.47. The van der Waals surface area contributed by atoms with Gasteiger partial charge >= 0.3 is 0 Å². The third-order valence-electron chi connectivity index (χ3n) is 6.65. The van der Waals surface area contributed by atoms with Gasteiger partial charge in [0.15, 0.2) is 0 Å². The lowest BCUT2D eigenvalue weighted by Crippen LogP contribution is -2.46. The minimum Gasteiger partial charge on any atom is -0.317 e. The molecule has 7 nitrogen and oxygen atoms in total. The molecule has 1 atom stereocenters. The highest BCUT2D eigenvalue weighted by molar-refractivity contribution is 7.91. The van der Waals surface area contributed by atoms with E-state index in [-0.39, 0.29) is 11.3 Å². The van der Waals surface area contributed by atoms with Crippen LogP contribution in [0.2, 0.25) is 0 Å². The van der Waals surface area contributed by atoms with Gasteiger partial charge in [0.25, 0.3) is 10.0 Å². The van der Waals surface area contributed by atoms with E-state index in [1.165, 1.54) is 11.3 Å². The molecule has 2 saturated heterocycles. The predicted octanol–water partition coefficient (Wildman–Crippen LogP) is 3.03. The smallest absolute Gasteiger partial charge is 0.252 e. The molecule has 1 spiro atoms. The zero-order valence-corrected chi connectivity index (χ0v) is 19.1. The molecule has 0 bridgehead atoms. The van der Waals surface area contributed by atoms with Crippen LogP contribution in [-0.2, 0) is 16.6 Å². The van der Waals surface area contributed by atoms with Crippen LogP contribution in [0.15, 0.2) is 28.0 Å². The number of piperidine rings is 1. The summed E-state index contributed by atoms with van der Waals surface area (Å²) >= 11 is 1.30. The maximum absolute atomic E-state index is 13.3. The normalized spacial score (nSPS) is 23.4. The lowest BCUT2D eigenvalue weighted by atomic mass is 9.70. The summed E-state index contributed by atoms with van der Waals surface area (Å²) in [7, 11) is -3.47. The van der Waals surface area contributed by atoms with Gasteiger partial charge < -0.3 is 9.47 Å². The van der Waals surface area contributed by atoms with Gasteiger partial charge in [-0.3, -0.25) is 0 Å². The van der Waals surface area contributed by atoms with Gasteiger partial charge in [0.2, 0.25) is 0 Å². The Kier molecular flexibility index (Phi) is 5.85. The molecule has 160 valence electrons. The van der Waals surface area contributed by atoms with Crippen molar-refractivity contribution in [1.82, 2.24) is 24.0 Å². The summed E-state index contributed by atoms with van der Waals surface area (Å²) in [6.45, 7) is 10.5. The van der Waals surface area contributed by atoms with Gasteiger partial charge in [-0.25, -0.2) is 8.42 Å². The van der Waals surface area contributed by atoms with E-state index < -0.39 is 10.0 Å². The van der Waals surface area contributed by atoms with E-state index in [0.29, 0.717) is 23.3 Å². The number of likely N-dealkylation sites (tertiary alicyclic amines) is 1. The molecule has 4 heterocycles. The second-order valence-electron chi connectivity index (χ2n) is 8.66. The Labute approximate surface area is 177 Å². The van der Waals surface area contributed by atoms with Crippen molar-refractivity contribution in [3.8, 4) is 0 Å². The SMILES string of the molecule is CCCn1cnnc1C1CN(S(=O)(=O)c2cccs2)CC12CCN(C(C)C)CC2. The Morgan fingerprint density at radius 2 is 2.07 bits per heavy atom. The summed E-state index contributed by atoms with van der Waals surface area (Å²) < 4.78 is 30.9. The molecule has 1 unspecified atom stereocenters. The molecule has 0 N–H and O–H groups in total. The van der Waals surface area contributed by atoms with Gasteiger partial charge in [0.1, 0.15) is 16.4 Å². The molecule has 0 radical (unpaired) electrons. The first kappa shape index (κ1) is 21.0. The van der Waals surface area contributed by atoms with Gasteiger partial charge in [0.05, 0.1) is 0 Å². The first-order valence-electron chi connectivity index (χ1n) is 10.5. The number of rotatable bonds is 6. The summed E-state index contributed by atoms with van der Waals surface area (Å²) in [5, 5.41) is 10.5. The van der Waals surface area contributed by atoms with E-state index >= 15 is 0 Å². The maximum atomic E-state index is 13.3. The molecule has 4 rings (SSSR count). The topological polar surface area (TPSA) is 71.3 Å². The zero-order chi connectivity index (χ0) is 20.6. The van der Waals surface area contributed by atoms with Gasteiger partial charge in [0, 0.05) is 31.6 Å². The number of sulfonamides is 1. The van der Waals surface area contributed by atoms with Crippen LogP contribution in [0.1, 0.15) is 51.8 Å². The molecule has 0 saturated carbocycles. The van der Waals surface area contributed by atoms with Gasteiger partial charge in [-0.1, -0.05) is 13.0 Å². The van der Waals surface area contributed by atoms with Gasteiger partial charge in [-0.05, 0) is 63.1 Å². The van der Waals surface area contributed by atoms with Crippen LogP contribution in [0, 0.1) is 5.41 Å². The van der Waals surface area contributed by atoms with Gasteiger partial charge in [-0.15, -0.1) is 21.5 Å². The average Bonchev–Trinajstić information content (AvgIpc) is 3.43. The van der Waals surface area contributed by atoms with Crippen LogP contribution in [0.25, 0.3) is 0 Å². The van der Waals surface area contributed by atoms with E-state index in [1.807, 2.05) is 5.38 Å². The molecule has 0 amide bonds. The first-order chi connectivity index (χ1) is 13.9. The summed E-state index contributed by atoms with van der Waals surface area (Å²) in [5.41, 5.74) is -0.0752. The van der Waals surface area contributed by atoms with E-state index in [9.17, 15) is 8.42 Å². The third kappa shape index (κ3) is 3.78. The van der Waals surface area contributed by atoms with E-state index in [2.05, 4.69) is 40.4 Å². The fourth-order valence-electron chi connectivity index (χ4n) is 4.94. The van der Waals surface area contributed by atoms with Crippen LogP contribution in [0.5, 0.6) is 0 Å². The molecule has 2 fully saturated rings. The summed E-state index contributed by atoms with van der Waals surface area (Å²) in [4.78, 5) is 2.50. The monoisotopic (exact) mass is 437 g/mol. The fraction of sp³-hybridized carbons (Fsp3) is 0.700. The van der Waals surface area contributed by atoms with Crippen molar-refractivity contribution in [2.45, 2.75) is 62.7 Å². The highest BCUT2D eigenvalue weighted by atomic mass is 32.2. The van der Waals surface area contributed by atoms with Crippen LogP contribution >= 0.6 is 11.3 Å². The van der Waals surface area contributed by atoms with Crippen molar-refractivity contribution < 1.29 is 8.42 Å². The van der Waals surface area contributed by atoms with Gasteiger partial charge in [-0.2, -0.15) is 4.31 Å². The molecular weight excluding hydrogens is 406 g/mol. The maximum Gasteiger partial charge on any atom is 0.252 e. The Hall–Kier alpha value is -1.29. The van der Waals surface area contributed by atoms with E-state index in [0.717, 1.165) is 44.7 Å². The number of hydrogen-bond donors (Lipinski definition) is 0. The second kappa shape index (κ2) is 8.09. The molecule has 2 aliphatic heterocycles. The number of hydrogen-bond acceptors (Lipinski definition) is 6. The lowest BCUT2D eigenvalue weighted by molar-refractivity contribution is 0.0789. The Bertz CT molecular complexity index is 915. The quantitative estimate of drug-likeness (QED) is 0.695. The summed E-state index contributed by atoms with van der Waals surface area (Å²) in [6.07, 6.45) is 4.78. The number of aryl methyl sites for hydroxylation is 1. The van der Waals surface area contributed by atoms with Crippen molar-refractivity contribution in [2.24, 2.45) is 5.41 Å². The second-order valence-corrected chi connectivity index (χ2v) is 11.8. The average molecular weight is 438 g/mol. The van der Waals surface area contributed by atoms with Crippen molar-refractivity contribution >= 4 is 21.4 Å². The van der Waals surface area contributed by atoms with Crippen molar-refractivity contribution in [1.29, 1.82) is 0 Å². The Balaban J connectivity index is 1.68.